The number of rotatable bonds is 3. The molecule has 0 spiro atoms. The number of carbonyl (C=O) groups is 1. The summed E-state index contributed by atoms with van der Waals surface area (Å²) in [5.41, 5.74) is 2.33. The van der Waals surface area contributed by atoms with E-state index in [1.54, 1.807) is 6.92 Å². The quantitative estimate of drug-likeness (QED) is 0.524. The highest BCUT2D eigenvalue weighted by atomic mass is 16.5. The van der Waals surface area contributed by atoms with Crippen molar-refractivity contribution in [2.75, 3.05) is 6.61 Å². The first-order valence-electron chi connectivity index (χ1n) is 5.67. The zero-order valence-electron chi connectivity index (χ0n) is 11.9. The fraction of sp³-hybridized carbons (Fsp3) is 0.643. The van der Waals surface area contributed by atoms with Crippen molar-refractivity contribution in [3.63, 3.8) is 0 Å². The molecule has 96 valence electrons. The molecular weight excluding hydrogens is 200 g/mol. The maximum atomic E-state index is 10.3. The standard InChI is InChI=1S/C6H12O2.2C4H8/c1-3-5-8-6(7)4-2;2*1-4(2)3/h3-5H2,1-2H3;2*1H2,2-3H3. The number of allylic oxidation sites excluding steroid dienone is 2. The van der Waals surface area contributed by atoms with Gasteiger partial charge in [0, 0.05) is 6.42 Å². The smallest absolute Gasteiger partial charge is 0.305 e. The number of hydrogen-bond donors (Lipinski definition) is 0. The summed E-state index contributed by atoms with van der Waals surface area (Å²) in [5.74, 6) is -0.105. The van der Waals surface area contributed by atoms with Crippen molar-refractivity contribution >= 4 is 5.97 Å². The third-order valence-corrected chi connectivity index (χ3v) is 0.756. The van der Waals surface area contributed by atoms with Crippen LogP contribution in [0.4, 0.5) is 0 Å². The van der Waals surface area contributed by atoms with E-state index in [-0.39, 0.29) is 5.97 Å². The van der Waals surface area contributed by atoms with Gasteiger partial charge in [-0.25, -0.2) is 0 Å². The Bertz CT molecular complexity index is 173. The van der Waals surface area contributed by atoms with Crippen LogP contribution < -0.4 is 0 Å². The lowest BCUT2D eigenvalue weighted by Crippen LogP contribution is -2.02. The number of hydrogen-bond acceptors (Lipinski definition) is 2. The molecule has 0 bridgehead atoms. The maximum Gasteiger partial charge on any atom is 0.305 e. The minimum atomic E-state index is -0.105. The Balaban J connectivity index is -0.000000179. The van der Waals surface area contributed by atoms with Crippen LogP contribution in [0.15, 0.2) is 24.3 Å². The van der Waals surface area contributed by atoms with Crippen LogP contribution in [0.25, 0.3) is 0 Å². The van der Waals surface area contributed by atoms with Gasteiger partial charge >= 0.3 is 5.97 Å². The van der Waals surface area contributed by atoms with Crippen LogP contribution in [0.3, 0.4) is 0 Å². The van der Waals surface area contributed by atoms with Gasteiger partial charge in [0.25, 0.3) is 0 Å². The Morgan fingerprint density at radius 1 is 1.00 bits per heavy atom. The Morgan fingerprint density at radius 2 is 1.31 bits per heavy atom. The van der Waals surface area contributed by atoms with Gasteiger partial charge in [-0.05, 0) is 34.1 Å². The molecule has 0 saturated carbocycles. The van der Waals surface area contributed by atoms with Gasteiger partial charge in [0.1, 0.15) is 0 Å². The fourth-order valence-electron chi connectivity index (χ4n) is 0.318. The molecule has 0 aromatic rings. The lowest BCUT2D eigenvalue weighted by molar-refractivity contribution is -0.143. The molecule has 0 saturated heterocycles. The molecule has 0 N–H and O–H groups in total. The lowest BCUT2D eigenvalue weighted by Gasteiger charge is -1.97. The van der Waals surface area contributed by atoms with Gasteiger partial charge in [-0.1, -0.05) is 25.0 Å². The summed E-state index contributed by atoms with van der Waals surface area (Å²) in [6.07, 6.45) is 1.39. The molecule has 0 fully saturated rings. The number of esters is 1. The highest BCUT2D eigenvalue weighted by Gasteiger charge is 1.93. The van der Waals surface area contributed by atoms with Crippen molar-refractivity contribution in [2.45, 2.75) is 54.4 Å². The van der Waals surface area contributed by atoms with Crippen LogP contribution in [0.1, 0.15) is 54.4 Å². The minimum absolute atomic E-state index is 0.105. The summed E-state index contributed by atoms with van der Waals surface area (Å²) in [6.45, 7) is 19.3. The SMILES string of the molecule is C=C(C)C.C=C(C)C.CCCOC(=O)CC. The first kappa shape index (κ1) is 20.4. The van der Waals surface area contributed by atoms with Crippen LogP contribution in [-0.2, 0) is 9.53 Å². The molecular formula is C14H28O2. The van der Waals surface area contributed by atoms with Crippen molar-refractivity contribution in [3.8, 4) is 0 Å². The average molecular weight is 228 g/mol. The van der Waals surface area contributed by atoms with E-state index in [1.165, 1.54) is 11.1 Å². The van der Waals surface area contributed by atoms with E-state index >= 15 is 0 Å². The molecule has 0 amide bonds. The molecule has 0 aliphatic heterocycles. The molecule has 0 radical (unpaired) electrons. The molecule has 0 rings (SSSR count). The minimum Gasteiger partial charge on any atom is -0.466 e. The molecule has 0 aromatic carbocycles. The first-order valence-corrected chi connectivity index (χ1v) is 5.67. The molecule has 0 heterocycles. The molecule has 0 atom stereocenters. The van der Waals surface area contributed by atoms with Gasteiger partial charge in [-0.3, -0.25) is 4.79 Å². The van der Waals surface area contributed by atoms with Crippen molar-refractivity contribution < 1.29 is 9.53 Å². The molecule has 0 aliphatic carbocycles. The van der Waals surface area contributed by atoms with Crippen LogP contribution >= 0.6 is 0 Å². The Hall–Kier alpha value is -1.05. The van der Waals surface area contributed by atoms with Crippen molar-refractivity contribution in [1.29, 1.82) is 0 Å². The van der Waals surface area contributed by atoms with Gasteiger partial charge in [0.05, 0.1) is 6.61 Å². The zero-order chi connectivity index (χ0) is 13.6. The van der Waals surface area contributed by atoms with E-state index in [2.05, 4.69) is 13.2 Å². The second-order valence-corrected chi connectivity index (χ2v) is 3.99. The highest BCUT2D eigenvalue weighted by molar-refractivity contribution is 5.68. The largest absolute Gasteiger partial charge is 0.466 e. The molecule has 0 aliphatic rings. The molecule has 0 unspecified atom stereocenters. The topological polar surface area (TPSA) is 26.3 Å². The highest BCUT2D eigenvalue weighted by Crippen LogP contribution is 1.85. The van der Waals surface area contributed by atoms with Crippen LogP contribution in [0, 0.1) is 0 Å². The van der Waals surface area contributed by atoms with Crippen molar-refractivity contribution in [2.24, 2.45) is 0 Å². The fourth-order valence-corrected chi connectivity index (χ4v) is 0.318. The van der Waals surface area contributed by atoms with Gasteiger partial charge in [0.15, 0.2) is 0 Å². The first-order chi connectivity index (χ1) is 7.27. The average Bonchev–Trinajstić information content (AvgIpc) is 2.12. The molecule has 2 heteroatoms. The molecule has 2 nitrogen and oxygen atoms in total. The molecule has 0 aromatic heterocycles. The third-order valence-electron chi connectivity index (χ3n) is 0.756. The maximum absolute atomic E-state index is 10.3. The summed E-state index contributed by atoms with van der Waals surface area (Å²) in [6, 6.07) is 0. The summed E-state index contributed by atoms with van der Waals surface area (Å²) >= 11 is 0. The van der Waals surface area contributed by atoms with E-state index in [4.69, 9.17) is 4.74 Å². The van der Waals surface area contributed by atoms with Crippen LogP contribution in [0.5, 0.6) is 0 Å². The summed E-state index contributed by atoms with van der Waals surface area (Å²) < 4.78 is 4.70. The number of carbonyl (C=O) groups excluding carboxylic acids is 1. The predicted octanol–water partition coefficient (Wildman–Crippen LogP) is 4.51. The monoisotopic (exact) mass is 228 g/mol. The zero-order valence-corrected chi connectivity index (χ0v) is 11.9. The van der Waals surface area contributed by atoms with Gasteiger partial charge in [0.2, 0.25) is 0 Å². The Kier molecular flexibility index (Phi) is 20.9. The third kappa shape index (κ3) is 75.5. The second-order valence-electron chi connectivity index (χ2n) is 3.99. The summed E-state index contributed by atoms with van der Waals surface area (Å²) in [5, 5.41) is 0. The summed E-state index contributed by atoms with van der Waals surface area (Å²) in [7, 11) is 0. The van der Waals surface area contributed by atoms with Gasteiger partial charge in [-0.2, -0.15) is 0 Å². The lowest BCUT2D eigenvalue weighted by atomic mass is 10.4. The Labute approximate surface area is 101 Å². The predicted molar refractivity (Wildman–Crippen MR) is 72.5 cm³/mol. The van der Waals surface area contributed by atoms with E-state index in [0.29, 0.717) is 13.0 Å². The van der Waals surface area contributed by atoms with E-state index < -0.39 is 0 Å². The van der Waals surface area contributed by atoms with Gasteiger partial charge < -0.3 is 4.74 Å². The van der Waals surface area contributed by atoms with E-state index in [1.807, 2.05) is 34.6 Å². The van der Waals surface area contributed by atoms with Crippen LogP contribution in [0.2, 0.25) is 0 Å². The van der Waals surface area contributed by atoms with E-state index in [0.717, 1.165) is 6.42 Å². The normalized spacial score (nSPS) is 7.62. The second kappa shape index (κ2) is 16.4. The van der Waals surface area contributed by atoms with Crippen LogP contribution in [-0.4, -0.2) is 12.6 Å². The van der Waals surface area contributed by atoms with Gasteiger partial charge in [-0.15, -0.1) is 13.2 Å². The van der Waals surface area contributed by atoms with Crippen molar-refractivity contribution in [1.82, 2.24) is 0 Å². The number of ether oxygens (including phenoxy) is 1. The Morgan fingerprint density at radius 3 is 1.50 bits per heavy atom. The molecule has 16 heavy (non-hydrogen) atoms. The van der Waals surface area contributed by atoms with E-state index in [9.17, 15) is 4.79 Å². The summed E-state index contributed by atoms with van der Waals surface area (Å²) in [4.78, 5) is 10.3. The van der Waals surface area contributed by atoms with Crippen molar-refractivity contribution in [3.05, 3.63) is 24.3 Å².